The minimum atomic E-state index is -0.993. The normalized spacial score (nSPS) is 10.7. The van der Waals surface area contributed by atoms with E-state index >= 15 is 0 Å². The molecule has 5 heteroatoms. The number of carbonyl (C=O) groups is 1. The van der Waals surface area contributed by atoms with Crippen molar-refractivity contribution >= 4 is 17.1 Å². The van der Waals surface area contributed by atoms with Gasteiger partial charge in [-0.25, -0.2) is 9.78 Å². The first-order valence-electron chi connectivity index (χ1n) is 5.29. The van der Waals surface area contributed by atoms with Crippen LogP contribution in [-0.2, 0) is 0 Å². The molecule has 0 atom stereocenters. The highest BCUT2D eigenvalue weighted by Crippen LogP contribution is 2.23. The molecular formula is C13H8N2O3. The smallest absolute Gasteiger partial charge is 0.335 e. The number of aromatic nitrogens is 2. The van der Waals surface area contributed by atoms with Crippen molar-refractivity contribution in [3.63, 3.8) is 0 Å². The molecule has 0 aliphatic rings. The van der Waals surface area contributed by atoms with Crippen molar-refractivity contribution in [1.29, 1.82) is 0 Å². The lowest BCUT2D eigenvalue weighted by Gasteiger charge is -1.91. The van der Waals surface area contributed by atoms with Crippen LogP contribution in [0.25, 0.3) is 22.7 Å². The zero-order valence-electron chi connectivity index (χ0n) is 9.20. The fourth-order valence-electron chi connectivity index (χ4n) is 1.66. The zero-order chi connectivity index (χ0) is 12.5. The summed E-state index contributed by atoms with van der Waals surface area (Å²) in [6.07, 6.45) is 1.65. The predicted octanol–water partition coefficient (Wildman–Crippen LogP) is 2.59. The molecule has 0 unspecified atom stereocenters. The number of fused-ring (bicyclic) bond motifs is 1. The van der Waals surface area contributed by atoms with Gasteiger partial charge in [-0.3, -0.25) is 4.98 Å². The summed E-state index contributed by atoms with van der Waals surface area (Å²) in [5.41, 5.74) is 1.84. The van der Waals surface area contributed by atoms with Crippen LogP contribution < -0.4 is 0 Å². The summed E-state index contributed by atoms with van der Waals surface area (Å²) < 4.78 is 5.51. The first-order valence-corrected chi connectivity index (χ1v) is 5.29. The van der Waals surface area contributed by atoms with Crippen LogP contribution >= 0.6 is 0 Å². The van der Waals surface area contributed by atoms with Gasteiger partial charge in [0, 0.05) is 6.20 Å². The molecule has 3 rings (SSSR count). The lowest BCUT2D eigenvalue weighted by molar-refractivity contribution is 0.0697. The monoisotopic (exact) mass is 240 g/mol. The van der Waals surface area contributed by atoms with Gasteiger partial charge >= 0.3 is 5.97 Å². The van der Waals surface area contributed by atoms with Crippen molar-refractivity contribution in [2.24, 2.45) is 0 Å². The summed E-state index contributed by atoms with van der Waals surface area (Å²) in [4.78, 5) is 19.2. The molecule has 18 heavy (non-hydrogen) atoms. The molecule has 0 saturated carbocycles. The van der Waals surface area contributed by atoms with Gasteiger partial charge in [-0.2, -0.15) is 0 Å². The van der Waals surface area contributed by atoms with Gasteiger partial charge < -0.3 is 9.52 Å². The van der Waals surface area contributed by atoms with E-state index in [4.69, 9.17) is 9.52 Å². The molecule has 0 fully saturated rings. The predicted molar refractivity (Wildman–Crippen MR) is 64.2 cm³/mol. The van der Waals surface area contributed by atoms with Gasteiger partial charge in [0.1, 0.15) is 11.2 Å². The van der Waals surface area contributed by atoms with E-state index in [-0.39, 0.29) is 5.56 Å². The number of pyridine rings is 1. The third-order valence-electron chi connectivity index (χ3n) is 2.52. The van der Waals surface area contributed by atoms with Gasteiger partial charge in [0.2, 0.25) is 5.89 Å². The quantitative estimate of drug-likeness (QED) is 0.745. The average molecular weight is 240 g/mol. The molecule has 0 aliphatic heterocycles. The first-order chi connectivity index (χ1) is 8.74. The lowest BCUT2D eigenvalue weighted by Crippen LogP contribution is -1.94. The molecule has 5 nitrogen and oxygen atoms in total. The molecule has 88 valence electrons. The standard InChI is InChI=1S/C13H8N2O3/c16-13(17)8-4-5-9-11(7-8)18-12(15-9)10-3-1-2-6-14-10/h1-7H,(H,16,17). The number of oxazole rings is 1. The van der Waals surface area contributed by atoms with E-state index in [9.17, 15) is 4.79 Å². The number of hydrogen-bond acceptors (Lipinski definition) is 4. The fraction of sp³-hybridized carbons (Fsp3) is 0. The highest BCUT2D eigenvalue weighted by molar-refractivity contribution is 5.92. The number of carboxylic acids is 1. The van der Waals surface area contributed by atoms with Crippen molar-refractivity contribution in [2.75, 3.05) is 0 Å². The Morgan fingerprint density at radius 3 is 2.83 bits per heavy atom. The van der Waals surface area contributed by atoms with E-state index in [1.54, 1.807) is 24.4 Å². The van der Waals surface area contributed by atoms with Gasteiger partial charge in [0.25, 0.3) is 0 Å². The second-order valence-corrected chi connectivity index (χ2v) is 3.72. The van der Waals surface area contributed by atoms with Crippen LogP contribution in [0.4, 0.5) is 0 Å². The van der Waals surface area contributed by atoms with Crippen molar-refractivity contribution in [1.82, 2.24) is 9.97 Å². The molecule has 1 aromatic carbocycles. The van der Waals surface area contributed by atoms with Crippen LogP contribution in [0.1, 0.15) is 10.4 Å². The maximum Gasteiger partial charge on any atom is 0.335 e. The van der Waals surface area contributed by atoms with E-state index in [0.29, 0.717) is 22.7 Å². The van der Waals surface area contributed by atoms with Crippen LogP contribution in [0.15, 0.2) is 47.0 Å². The number of aromatic carboxylic acids is 1. The van der Waals surface area contributed by atoms with Crippen molar-refractivity contribution in [2.45, 2.75) is 0 Å². The van der Waals surface area contributed by atoms with Gasteiger partial charge in [0.15, 0.2) is 5.58 Å². The number of benzene rings is 1. The Hall–Kier alpha value is -2.69. The summed E-state index contributed by atoms with van der Waals surface area (Å²) in [5, 5.41) is 8.89. The largest absolute Gasteiger partial charge is 0.478 e. The SMILES string of the molecule is O=C(O)c1ccc2nc(-c3ccccn3)oc2c1. The lowest BCUT2D eigenvalue weighted by atomic mass is 10.2. The number of nitrogens with zero attached hydrogens (tertiary/aromatic N) is 2. The van der Waals surface area contributed by atoms with Crippen molar-refractivity contribution < 1.29 is 14.3 Å². The summed E-state index contributed by atoms with van der Waals surface area (Å²) in [5.74, 6) is -0.610. The second kappa shape index (κ2) is 3.96. The minimum Gasteiger partial charge on any atom is -0.478 e. The topological polar surface area (TPSA) is 76.2 Å². The maximum atomic E-state index is 10.8. The van der Waals surface area contributed by atoms with Crippen LogP contribution in [-0.4, -0.2) is 21.0 Å². The van der Waals surface area contributed by atoms with Gasteiger partial charge in [0.05, 0.1) is 5.56 Å². The Balaban J connectivity index is 2.14. The van der Waals surface area contributed by atoms with Crippen LogP contribution in [0.5, 0.6) is 0 Å². The van der Waals surface area contributed by atoms with E-state index in [0.717, 1.165) is 0 Å². The van der Waals surface area contributed by atoms with E-state index in [1.165, 1.54) is 12.1 Å². The molecular weight excluding hydrogens is 232 g/mol. The molecule has 1 N–H and O–H groups in total. The van der Waals surface area contributed by atoms with Crippen LogP contribution in [0, 0.1) is 0 Å². The molecule has 2 aromatic heterocycles. The Bertz CT molecular complexity index is 719. The van der Waals surface area contributed by atoms with E-state index < -0.39 is 5.97 Å². The highest BCUT2D eigenvalue weighted by Gasteiger charge is 2.11. The number of rotatable bonds is 2. The number of carboxylic acid groups (broad SMARTS) is 1. The van der Waals surface area contributed by atoms with E-state index in [2.05, 4.69) is 9.97 Å². The van der Waals surface area contributed by atoms with Gasteiger partial charge in [-0.15, -0.1) is 0 Å². The molecule has 0 radical (unpaired) electrons. The maximum absolute atomic E-state index is 10.8. The summed E-state index contributed by atoms with van der Waals surface area (Å²) >= 11 is 0. The number of hydrogen-bond donors (Lipinski definition) is 1. The molecule has 0 amide bonds. The fourth-order valence-corrected chi connectivity index (χ4v) is 1.66. The Morgan fingerprint density at radius 1 is 1.22 bits per heavy atom. The molecule has 0 saturated heterocycles. The summed E-state index contributed by atoms with van der Waals surface area (Å²) in [6.45, 7) is 0. The van der Waals surface area contributed by atoms with Crippen molar-refractivity contribution in [3.8, 4) is 11.6 Å². The van der Waals surface area contributed by atoms with E-state index in [1.807, 2.05) is 6.07 Å². The third-order valence-corrected chi connectivity index (χ3v) is 2.52. The van der Waals surface area contributed by atoms with Crippen molar-refractivity contribution in [3.05, 3.63) is 48.2 Å². The highest BCUT2D eigenvalue weighted by atomic mass is 16.4. The Kier molecular flexibility index (Phi) is 2.30. The molecule has 0 spiro atoms. The summed E-state index contributed by atoms with van der Waals surface area (Å²) in [7, 11) is 0. The zero-order valence-corrected chi connectivity index (χ0v) is 9.20. The molecule has 2 heterocycles. The molecule has 0 bridgehead atoms. The Morgan fingerprint density at radius 2 is 2.11 bits per heavy atom. The first kappa shape index (κ1) is 10.5. The average Bonchev–Trinajstić information content (AvgIpc) is 2.82. The third kappa shape index (κ3) is 1.71. The Labute approximate surface area is 102 Å². The minimum absolute atomic E-state index is 0.172. The molecule has 0 aliphatic carbocycles. The molecule has 3 aromatic rings. The second-order valence-electron chi connectivity index (χ2n) is 3.72. The van der Waals surface area contributed by atoms with Crippen LogP contribution in [0.3, 0.4) is 0 Å². The van der Waals surface area contributed by atoms with Gasteiger partial charge in [-0.05, 0) is 30.3 Å². The van der Waals surface area contributed by atoms with Gasteiger partial charge in [-0.1, -0.05) is 6.07 Å². The van der Waals surface area contributed by atoms with Crippen LogP contribution in [0.2, 0.25) is 0 Å². The summed E-state index contributed by atoms with van der Waals surface area (Å²) in [6, 6.07) is 9.98.